The standard InChI is InChI=1S/C23H25N3O/c1-15-7-4-11-19-20(23(27)26-16(2)8-5-9-17(26)3)13-21(25-22(15)19)18-10-6-12-24-14-18/h4,6-7,10-14,16-17H,5,8-9H2,1-3H3. The van der Waals surface area contributed by atoms with E-state index in [0.29, 0.717) is 0 Å². The Morgan fingerprint density at radius 3 is 2.59 bits per heavy atom. The number of amides is 1. The molecule has 0 N–H and O–H groups in total. The molecule has 3 heterocycles. The molecule has 1 aromatic carbocycles. The highest BCUT2D eigenvalue weighted by molar-refractivity contribution is 6.08. The Hall–Kier alpha value is -2.75. The van der Waals surface area contributed by atoms with Gasteiger partial charge in [0.25, 0.3) is 5.91 Å². The first-order chi connectivity index (χ1) is 13.1. The molecule has 1 aliphatic rings. The van der Waals surface area contributed by atoms with Crippen LogP contribution in [0.1, 0.15) is 49.0 Å². The summed E-state index contributed by atoms with van der Waals surface area (Å²) in [6.07, 6.45) is 6.86. The molecular weight excluding hydrogens is 334 g/mol. The molecule has 27 heavy (non-hydrogen) atoms. The van der Waals surface area contributed by atoms with E-state index in [1.165, 1.54) is 6.42 Å². The van der Waals surface area contributed by atoms with Crippen molar-refractivity contribution in [2.45, 2.75) is 52.1 Å². The van der Waals surface area contributed by atoms with E-state index in [0.717, 1.165) is 46.1 Å². The number of rotatable bonds is 2. The monoisotopic (exact) mass is 359 g/mol. The van der Waals surface area contributed by atoms with Crippen molar-refractivity contribution in [3.63, 3.8) is 0 Å². The van der Waals surface area contributed by atoms with Crippen LogP contribution in [0.25, 0.3) is 22.2 Å². The predicted molar refractivity (Wildman–Crippen MR) is 109 cm³/mol. The van der Waals surface area contributed by atoms with Crippen LogP contribution >= 0.6 is 0 Å². The maximum atomic E-state index is 13.6. The van der Waals surface area contributed by atoms with Gasteiger partial charge in [-0.1, -0.05) is 18.2 Å². The van der Waals surface area contributed by atoms with E-state index in [1.54, 1.807) is 12.4 Å². The van der Waals surface area contributed by atoms with E-state index in [9.17, 15) is 4.79 Å². The number of para-hydroxylation sites is 1. The van der Waals surface area contributed by atoms with Crippen LogP contribution in [0, 0.1) is 6.92 Å². The summed E-state index contributed by atoms with van der Waals surface area (Å²) in [6.45, 7) is 6.36. The third-order valence-corrected chi connectivity index (χ3v) is 5.66. The van der Waals surface area contributed by atoms with E-state index in [4.69, 9.17) is 4.98 Å². The molecule has 0 radical (unpaired) electrons. The molecule has 4 rings (SSSR count). The van der Waals surface area contributed by atoms with Gasteiger partial charge in [0.2, 0.25) is 0 Å². The van der Waals surface area contributed by atoms with Gasteiger partial charge in [0.15, 0.2) is 0 Å². The van der Waals surface area contributed by atoms with Gasteiger partial charge in [0, 0.05) is 35.4 Å². The van der Waals surface area contributed by atoms with Crippen molar-refractivity contribution in [3.05, 3.63) is 59.9 Å². The molecule has 2 atom stereocenters. The second-order valence-corrected chi connectivity index (χ2v) is 7.61. The van der Waals surface area contributed by atoms with Crippen molar-refractivity contribution < 1.29 is 4.79 Å². The third kappa shape index (κ3) is 3.20. The van der Waals surface area contributed by atoms with Gasteiger partial charge in [-0.2, -0.15) is 0 Å². The number of piperidine rings is 1. The van der Waals surface area contributed by atoms with Crippen molar-refractivity contribution in [2.24, 2.45) is 0 Å². The quantitative estimate of drug-likeness (QED) is 0.646. The number of aryl methyl sites for hydroxylation is 1. The number of hydrogen-bond acceptors (Lipinski definition) is 3. The molecule has 138 valence electrons. The SMILES string of the molecule is Cc1cccc2c(C(=O)N3C(C)CCCC3C)cc(-c3cccnc3)nc12. The van der Waals surface area contributed by atoms with E-state index in [2.05, 4.69) is 23.7 Å². The first kappa shape index (κ1) is 17.7. The number of likely N-dealkylation sites (tertiary alicyclic amines) is 1. The minimum Gasteiger partial charge on any atom is -0.333 e. The smallest absolute Gasteiger partial charge is 0.255 e. The lowest BCUT2D eigenvalue weighted by Gasteiger charge is -2.39. The molecule has 2 aromatic heterocycles. The largest absolute Gasteiger partial charge is 0.333 e. The highest BCUT2D eigenvalue weighted by atomic mass is 16.2. The topological polar surface area (TPSA) is 46.1 Å². The minimum atomic E-state index is 0.109. The normalized spacial score (nSPS) is 20.0. The Bertz CT molecular complexity index is 974. The zero-order valence-corrected chi connectivity index (χ0v) is 16.1. The average Bonchev–Trinajstić information content (AvgIpc) is 2.68. The summed E-state index contributed by atoms with van der Waals surface area (Å²) < 4.78 is 0. The van der Waals surface area contributed by atoms with E-state index < -0.39 is 0 Å². The van der Waals surface area contributed by atoms with E-state index in [1.807, 2.05) is 43.3 Å². The number of aromatic nitrogens is 2. The fourth-order valence-electron chi connectivity index (χ4n) is 4.19. The first-order valence-electron chi connectivity index (χ1n) is 9.69. The highest BCUT2D eigenvalue weighted by Crippen LogP contribution is 2.30. The van der Waals surface area contributed by atoms with Gasteiger partial charge in [-0.15, -0.1) is 0 Å². The number of carbonyl (C=O) groups excluding carboxylic acids is 1. The summed E-state index contributed by atoms with van der Waals surface area (Å²) in [5.41, 5.74) is 4.43. The van der Waals surface area contributed by atoms with Gasteiger partial charge < -0.3 is 4.90 Å². The zero-order chi connectivity index (χ0) is 19.0. The first-order valence-corrected chi connectivity index (χ1v) is 9.69. The van der Waals surface area contributed by atoms with Crippen LogP contribution in [0.2, 0.25) is 0 Å². The van der Waals surface area contributed by atoms with E-state index >= 15 is 0 Å². The number of carbonyl (C=O) groups is 1. The second kappa shape index (κ2) is 7.10. The fourth-order valence-corrected chi connectivity index (χ4v) is 4.19. The molecule has 1 saturated heterocycles. The Balaban J connectivity index is 1.91. The Labute approximate surface area is 160 Å². The van der Waals surface area contributed by atoms with Gasteiger partial charge in [0.05, 0.1) is 16.8 Å². The Morgan fingerprint density at radius 2 is 1.89 bits per heavy atom. The average molecular weight is 359 g/mol. The van der Waals surface area contributed by atoms with Crippen molar-refractivity contribution in [1.82, 2.24) is 14.9 Å². The lowest BCUT2D eigenvalue weighted by Crippen LogP contribution is -2.47. The van der Waals surface area contributed by atoms with Crippen molar-refractivity contribution in [3.8, 4) is 11.3 Å². The van der Waals surface area contributed by atoms with Gasteiger partial charge in [-0.3, -0.25) is 9.78 Å². The summed E-state index contributed by atoms with van der Waals surface area (Å²) in [5, 5.41) is 0.928. The van der Waals surface area contributed by atoms with Gasteiger partial charge >= 0.3 is 0 Å². The summed E-state index contributed by atoms with van der Waals surface area (Å²) in [4.78, 5) is 24.8. The lowest BCUT2D eigenvalue weighted by molar-refractivity contribution is 0.0513. The van der Waals surface area contributed by atoms with Crippen molar-refractivity contribution in [2.75, 3.05) is 0 Å². The van der Waals surface area contributed by atoms with Gasteiger partial charge in [-0.05, 0) is 63.8 Å². The molecule has 1 amide bonds. The predicted octanol–water partition coefficient (Wildman–Crippen LogP) is 5.01. The molecule has 0 aliphatic carbocycles. The summed E-state index contributed by atoms with van der Waals surface area (Å²) >= 11 is 0. The molecule has 1 aliphatic heterocycles. The van der Waals surface area contributed by atoms with Crippen LogP contribution in [0.3, 0.4) is 0 Å². The summed E-state index contributed by atoms with van der Waals surface area (Å²) in [5.74, 6) is 0.109. The van der Waals surface area contributed by atoms with Crippen molar-refractivity contribution in [1.29, 1.82) is 0 Å². The van der Waals surface area contributed by atoms with Crippen LogP contribution in [-0.2, 0) is 0 Å². The lowest BCUT2D eigenvalue weighted by atomic mass is 9.95. The Morgan fingerprint density at radius 1 is 1.11 bits per heavy atom. The van der Waals surface area contributed by atoms with Gasteiger partial charge in [0.1, 0.15) is 0 Å². The molecule has 0 spiro atoms. The van der Waals surface area contributed by atoms with Crippen LogP contribution < -0.4 is 0 Å². The molecule has 0 saturated carbocycles. The molecule has 4 nitrogen and oxygen atoms in total. The summed E-state index contributed by atoms with van der Waals surface area (Å²) in [7, 11) is 0. The maximum absolute atomic E-state index is 13.6. The zero-order valence-electron chi connectivity index (χ0n) is 16.1. The minimum absolute atomic E-state index is 0.109. The molecule has 0 bridgehead atoms. The highest BCUT2D eigenvalue weighted by Gasteiger charge is 2.31. The molecule has 3 aromatic rings. The van der Waals surface area contributed by atoms with Crippen LogP contribution in [0.15, 0.2) is 48.8 Å². The van der Waals surface area contributed by atoms with Crippen LogP contribution in [0.4, 0.5) is 0 Å². The van der Waals surface area contributed by atoms with E-state index in [-0.39, 0.29) is 18.0 Å². The number of benzene rings is 1. The van der Waals surface area contributed by atoms with Gasteiger partial charge in [-0.25, -0.2) is 4.98 Å². The Kier molecular flexibility index (Phi) is 4.65. The van der Waals surface area contributed by atoms with Crippen LogP contribution in [-0.4, -0.2) is 32.9 Å². The second-order valence-electron chi connectivity index (χ2n) is 7.61. The van der Waals surface area contributed by atoms with Crippen molar-refractivity contribution >= 4 is 16.8 Å². The third-order valence-electron chi connectivity index (χ3n) is 5.66. The number of hydrogen-bond donors (Lipinski definition) is 0. The number of fused-ring (bicyclic) bond motifs is 1. The molecular formula is C23H25N3O. The number of nitrogens with zero attached hydrogens (tertiary/aromatic N) is 3. The fraction of sp³-hybridized carbons (Fsp3) is 0.348. The summed E-state index contributed by atoms with van der Waals surface area (Å²) in [6, 6.07) is 12.4. The van der Waals surface area contributed by atoms with Crippen LogP contribution in [0.5, 0.6) is 0 Å². The molecule has 2 unspecified atom stereocenters. The number of pyridine rings is 2. The molecule has 1 fully saturated rings. The molecule has 4 heteroatoms. The maximum Gasteiger partial charge on any atom is 0.255 e.